The van der Waals surface area contributed by atoms with Crippen molar-refractivity contribution in [1.82, 2.24) is 14.7 Å². The van der Waals surface area contributed by atoms with E-state index < -0.39 is 0 Å². The average molecular weight is 579 g/mol. The van der Waals surface area contributed by atoms with Crippen molar-refractivity contribution in [3.63, 3.8) is 0 Å². The van der Waals surface area contributed by atoms with Gasteiger partial charge in [-0.25, -0.2) is 4.68 Å². The van der Waals surface area contributed by atoms with Crippen molar-refractivity contribution in [3.8, 4) is 22.7 Å². The normalized spacial score (nSPS) is 14.4. The lowest BCUT2D eigenvalue weighted by Gasteiger charge is -2.10. The minimum Gasteiger partial charge on any atom is -0.489 e. The maximum absolute atomic E-state index is 13.0. The van der Waals surface area contributed by atoms with Crippen LogP contribution in [0.2, 0.25) is 10.0 Å². The molecule has 5 rings (SSSR count). The van der Waals surface area contributed by atoms with E-state index in [-0.39, 0.29) is 5.91 Å². The van der Waals surface area contributed by atoms with Crippen LogP contribution in [0.3, 0.4) is 0 Å². The molecule has 0 N–H and O–H groups in total. The van der Waals surface area contributed by atoms with Crippen molar-refractivity contribution >= 4 is 63.5 Å². The number of para-hydroxylation sites is 1. The molecule has 0 unspecified atom stereocenters. The lowest BCUT2D eigenvalue weighted by molar-refractivity contribution is -0.121. The van der Waals surface area contributed by atoms with E-state index in [0.717, 1.165) is 28.1 Å². The van der Waals surface area contributed by atoms with E-state index in [0.29, 0.717) is 38.2 Å². The maximum atomic E-state index is 13.0. The molecule has 190 valence electrons. The van der Waals surface area contributed by atoms with E-state index in [1.165, 1.54) is 11.8 Å². The first-order chi connectivity index (χ1) is 18.4. The topological polar surface area (TPSA) is 47.4 Å². The number of rotatable bonds is 8. The quantitative estimate of drug-likeness (QED) is 0.121. The van der Waals surface area contributed by atoms with Gasteiger partial charge in [0.2, 0.25) is 0 Å². The largest absolute Gasteiger partial charge is 0.489 e. The summed E-state index contributed by atoms with van der Waals surface area (Å²) < 4.78 is 8.25. The van der Waals surface area contributed by atoms with Crippen molar-refractivity contribution < 1.29 is 9.53 Å². The van der Waals surface area contributed by atoms with Crippen LogP contribution in [0.4, 0.5) is 0 Å². The van der Waals surface area contributed by atoms with Gasteiger partial charge < -0.3 is 4.74 Å². The first kappa shape index (κ1) is 26.3. The summed E-state index contributed by atoms with van der Waals surface area (Å²) in [4.78, 5) is 15.0. The summed E-state index contributed by atoms with van der Waals surface area (Å²) in [6, 6.07) is 22.8. The number of aromatic nitrogens is 2. The zero-order valence-electron chi connectivity index (χ0n) is 20.0. The second-order valence-electron chi connectivity index (χ2n) is 8.34. The van der Waals surface area contributed by atoms with Crippen LogP contribution in [0.15, 0.2) is 96.6 Å². The number of thiocarbonyl (C=S) groups is 1. The second kappa shape index (κ2) is 11.6. The highest BCUT2D eigenvalue weighted by Crippen LogP contribution is 2.35. The number of ether oxygens (including phenoxy) is 1. The van der Waals surface area contributed by atoms with Gasteiger partial charge in [-0.05, 0) is 54.6 Å². The Bertz CT molecular complexity index is 1550. The highest BCUT2D eigenvalue weighted by molar-refractivity contribution is 8.26. The van der Waals surface area contributed by atoms with Gasteiger partial charge in [0.25, 0.3) is 5.91 Å². The standard InChI is InChI=1S/C29H21Cl2N3O2S2/c1-2-14-33-28(35)26(38-29(33)37)15-21-17-34(23-6-4-3-5-7-23)32-27(21)19-9-12-24(13-10-19)36-18-20-8-11-22(30)16-25(20)31/h2-13,15-17H,1,14,18H2/b26-15-. The maximum Gasteiger partial charge on any atom is 0.266 e. The minimum atomic E-state index is -0.136. The molecule has 0 radical (unpaired) electrons. The molecule has 1 aliphatic heterocycles. The Kier molecular flexibility index (Phi) is 8.00. The Morgan fingerprint density at radius 1 is 1.05 bits per heavy atom. The summed E-state index contributed by atoms with van der Waals surface area (Å²) in [6.45, 7) is 4.41. The molecule has 0 aliphatic carbocycles. The predicted octanol–water partition coefficient (Wildman–Crippen LogP) is 7.81. The molecule has 4 aromatic rings. The van der Waals surface area contributed by atoms with Crippen LogP contribution in [0.5, 0.6) is 5.75 Å². The molecule has 0 bridgehead atoms. The minimum absolute atomic E-state index is 0.136. The van der Waals surface area contributed by atoms with E-state index in [9.17, 15) is 4.79 Å². The lowest BCUT2D eigenvalue weighted by Crippen LogP contribution is -2.27. The summed E-state index contributed by atoms with van der Waals surface area (Å²) in [5.41, 5.74) is 4.17. The van der Waals surface area contributed by atoms with Crippen molar-refractivity contribution in [2.24, 2.45) is 0 Å². The molecule has 2 heterocycles. The number of amides is 1. The van der Waals surface area contributed by atoms with Crippen molar-refractivity contribution in [2.75, 3.05) is 6.54 Å². The number of nitrogens with zero attached hydrogens (tertiary/aromatic N) is 3. The number of hydrogen-bond acceptors (Lipinski definition) is 5. The monoisotopic (exact) mass is 577 g/mol. The predicted molar refractivity (Wildman–Crippen MR) is 160 cm³/mol. The average Bonchev–Trinajstić information content (AvgIpc) is 3.46. The number of carbonyl (C=O) groups excluding carboxylic acids is 1. The first-order valence-corrected chi connectivity index (χ1v) is 13.6. The Hall–Kier alpha value is -3.36. The van der Waals surface area contributed by atoms with Gasteiger partial charge >= 0.3 is 0 Å². The molecule has 0 atom stereocenters. The molecule has 1 aliphatic rings. The summed E-state index contributed by atoms with van der Waals surface area (Å²) >= 11 is 18.9. The van der Waals surface area contributed by atoms with Gasteiger partial charge in [-0.2, -0.15) is 5.10 Å². The van der Waals surface area contributed by atoms with E-state index in [1.54, 1.807) is 27.8 Å². The second-order valence-corrected chi connectivity index (χ2v) is 10.9. The van der Waals surface area contributed by atoms with Crippen LogP contribution in [0.1, 0.15) is 11.1 Å². The fourth-order valence-electron chi connectivity index (χ4n) is 3.87. The summed E-state index contributed by atoms with van der Waals surface area (Å²) in [6.07, 6.45) is 5.42. The third kappa shape index (κ3) is 5.71. The molecule has 38 heavy (non-hydrogen) atoms. The van der Waals surface area contributed by atoms with Gasteiger partial charge in [-0.3, -0.25) is 9.69 Å². The van der Waals surface area contributed by atoms with Gasteiger partial charge in [-0.15, -0.1) is 6.58 Å². The molecule has 1 amide bonds. The van der Waals surface area contributed by atoms with E-state index in [1.807, 2.05) is 72.9 Å². The summed E-state index contributed by atoms with van der Waals surface area (Å²) in [5.74, 6) is 0.553. The third-order valence-corrected chi connectivity index (χ3v) is 7.74. The Labute approximate surface area is 240 Å². The Morgan fingerprint density at radius 3 is 2.53 bits per heavy atom. The van der Waals surface area contributed by atoms with Gasteiger partial charge in [0.1, 0.15) is 16.7 Å². The molecule has 3 aromatic carbocycles. The van der Waals surface area contributed by atoms with Crippen LogP contribution < -0.4 is 4.74 Å². The molecule has 0 saturated carbocycles. The molecule has 1 aromatic heterocycles. The number of carbonyl (C=O) groups is 1. The first-order valence-electron chi connectivity index (χ1n) is 11.6. The van der Waals surface area contributed by atoms with E-state index in [4.69, 9.17) is 45.3 Å². The summed E-state index contributed by atoms with van der Waals surface area (Å²) in [7, 11) is 0. The molecule has 5 nitrogen and oxygen atoms in total. The van der Waals surface area contributed by atoms with Crippen LogP contribution in [-0.2, 0) is 11.4 Å². The van der Waals surface area contributed by atoms with Crippen LogP contribution in [0.25, 0.3) is 23.0 Å². The highest BCUT2D eigenvalue weighted by atomic mass is 35.5. The summed E-state index contributed by atoms with van der Waals surface area (Å²) in [5, 5.41) is 5.99. The number of hydrogen-bond donors (Lipinski definition) is 0. The zero-order valence-corrected chi connectivity index (χ0v) is 23.2. The fourth-order valence-corrected chi connectivity index (χ4v) is 5.60. The van der Waals surface area contributed by atoms with Gasteiger partial charge in [-0.1, -0.05) is 77.5 Å². The highest BCUT2D eigenvalue weighted by Gasteiger charge is 2.31. The number of halogens is 2. The zero-order chi connectivity index (χ0) is 26.6. The Balaban J connectivity index is 1.45. The molecule has 9 heteroatoms. The lowest BCUT2D eigenvalue weighted by atomic mass is 10.1. The number of benzene rings is 3. The van der Waals surface area contributed by atoms with Crippen molar-refractivity contribution in [3.05, 3.63) is 118 Å². The van der Waals surface area contributed by atoms with Crippen molar-refractivity contribution in [2.45, 2.75) is 6.61 Å². The fraction of sp³-hybridized carbons (Fsp3) is 0.0690. The van der Waals surface area contributed by atoms with Crippen LogP contribution in [0, 0.1) is 0 Å². The molecule has 1 saturated heterocycles. The molecular formula is C29H21Cl2N3O2S2. The van der Waals surface area contributed by atoms with Gasteiger partial charge in [0.05, 0.1) is 16.3 Å². The number of thioether (sulfide) groups is 1. The van der Waals surface area contributed by atoms with Crippen LogP contribution >= 0.6 is 47.2 Å². The van der Waals surface area contributed by atoms with E-state index >= 15 is 0 Å². The molecule has 0 spiro atoms. The van der Waals surface area contributed by atoms with Crippen LogP contribution in [-0.4, -0.2) is 31.5 Å². The molecular weight excluding hydrogens is 557 g/mol. The Morgan fingerprint density at radius 2 is 1.82 bits per heavy atom. The third-order valence-electron chi connectivity index (χ3n) is 5.77. The van der Waals surface area contributed by atoms with Gasteiger partial charge in [0.15, 0.2) is 0 Å². The molecule has 1 fully saturated rings. The van der Waals surface area contributed by atoms with E-state index in [2.05, 4.69) is 6.58 Å². The SMILES string of the molecule is C=CCN1C(=O)/C(=C/c2cn(-c3ccccc3)nc2-c2ccc(OCc3ccc(Cl)cc3Cl)cc2)SC1=S. The van der Waals surface area contributed by atoms with Gasteiger partial charge in [0, 0.05) is 39.5 Å². The van der Waals surface area contributed by atoms with Crippen molar-refractivity contribution in [1.29, 1.82) is 0 Å². The smallest absolute Gasteiger partial charge is 0.266 e.